The van der Waals surface area contributed by atoms with E-state index >= 15 is 0 Å². The first-order valence-electron chi connectivity index (χ1n) is 7.10. The summed E-state index contributed by atoms with van der Waals surface area (Å²) in [4.78, 5) is 15.3. The number of nitrogens with one attached hydrogen (secondary N) is 3. The van der Waals surface area contributed by atoms with Gasteiger partial charge in [0.15, 0.2) is 0 Å². The van der Waals surface area contributed by atoms with Crippen LogP contribution >= 0.6 is 0 Å². The van der Waals surface area contributed by atoms with Gasteiger partial charge in [-0.25, -0.2) is 0 Å². The molecule has 0 fully saturated rings. The van der Waals surface area contributed by atoms with Gasteiger partial charge in [0.1, 0.15) is 0 Å². The molecule has 0 aliphatic carbocycles. The summed E-state index contributed by atoms with van der Waals surface area (Å²) in [6, 6.07) is 17.7. The van der Waals surface area contributed by atoms with Gasteiger partial charge < -0.3 is 10.4 Å². The van der Waals surface area contributed by atoms with Crippen molar-refractivity contribution in [3.05, 3.63) is 78.1 Å². The zero-order valence-corrected chi connectivity index (χ0v) is 12.3. The van der Waals surface area contributed by atoms with Gasteiger partial charge in [-0.3, -0.25) is 10.2 Å². The second-order valence-electron chi connectivity index (χ2n) is 5.04. The van der Waals surface area contributed by atoms with Crippen LogP contribution in [0.3, 0.4) is 0 Å². The molecule has 0 atom stereocenters. The first kappa shape index (κ1) is 13.9. The van der Waals surface area contributed by atoms with Crippen LogP contribution in [-0.4, -0.2) is 10.9 Å². The van der Waals surface area contributed by atoms with Gasteiger partial charge in [0.2, 0.25) is 0 Å². The van der Waals surface area contributed by atoms with Gasteiger partial charge in [-0.05, 0) is 24.1 Å². The Bertz CT molecular complexity index is 818. The van der Waals surface area contributed by atoms with E-state index in [1.807, 2.05) is 61.5 Å². The van der Waals surface area contributed by atoms with Gasteiger partial charge >= 0.3 is 0 Å². The molecule has 0 aliphatic heterocycles. The minimum absolute atomic E-state index is 0.172. The Balaban J connectivity index is 1.68. The average molecular weight is 291 g/mol. The van der Waals surface area contributed by atoms with Crippen molar-refractivity contribution >= 4 is 22.4 Å². The maximum atomic E-state index is 12.2. The molecule has 0 saturated carbocycles. The van der Waals surface area contributed by atoms with Crippen molar-refractivity contribution in [3.8, 4) is 0 Å². The third-order valence-electron chi connectivity index (χ3n) is 3.54. The van der Waals surface area contributed by atoms with E-state index in [2.05, 4.69) is 15.8 Å². The van der Waals surface area contributed by atoms with E-state index in [4.69, 9.17) is 0 Å². The molecule has 1 amide bonds. The molecule has 1 heterocycles. The van der Waals surface area contributed by atoms with Crippen molar-refractivity contribution in [2.75, 3.05) is 0 Å². The van der Waals surface area contributed by atoms with Gasteiger partial charge in [-0.15, -0.1) is 0 Å². The molecule has 0 aliphatic rings. The van der Waals surface area contributed by atoms with Crippen LogP contribution in [0.4, 0.5) is 0 Å². The zero-order chi connectivity index (χ0) is 15.4. The highest BCUT2D eigenvalue weighted by Crippen LogP contribution is 2.17. The smallest absolute Gasteiger partial charge is 0.271 e. The van der Waals surface area contributed by atoms with Crippen LogP contribution in [0.15, 0.2) is 67.0 Å². The zero-order valence-electron chi connectivity index (χ0n) is 12.3. The van der Waals surface area contributed by atoms with E-state index in [0.717, 1.165) is 22.0 Å². The molecule has 0 radical (unpaired) electrons. The molecule has 110 valence electrons. The third-order valence-corrected chi connectivity index (χ3v) is 3.54. The lowest BCUT2D eigenvalue weighted by atomic mass is 10.1. The fourth-order valence-electron chi connectivity index (χ4n) is 2.32. The third kappa shape index (κ3) is 2.86. The molecular weight excluding hydrogens is 274 g/mol. The predicted octanol–water partition coefficient (Wildman–Crippen LogP) is 3.46. The number of rotatable bonds is 4. The first-order valence-corrected chi connectivity index (χ1v) is 7.10. The fourth-order valence-corrected chi connectivity index (χ4v) is 2.32. The van der Waals surface area contributed by atoms with E-state index in [-0.39, 0.29) is 5.91 Å². The van der Waals surface area contributed by atoms with Crippen molar-refractivity contribution < 1.29 is 4.79 Å². The Morgan fingerprint density at radius 2 is 1.77 bits per heavy atom. The molecule has 3 rings (SSSR count). The summed E-state index contributed by atoms with van der Waals surface area (Å²) in [5, 5.41) is 0.908. The molecule has 0 spiro atoms. The molecule has 22 heavy (non-hydrogen) atoms. The molecule has 0 bridgehead atoms. The molecule has 0 saturated heterocycles. The van der Waals surface area contributed by atoms with Gasteiger partial charge in [0.05, 0.1) is 5.56 Å². The Hall–Kier alpha value is -3.01. The van der Waals surface area contributed by atoms with Crippen molar-refractivity contribution in [2.45, 2.75) is 6.92 Å². The second kappa shape index (κ2) is 6.18. The predicted molar refractivity (Wildman–Crippen MR) is 89.0 cm³/mol. The highest BCUT2D eigenvalue weighted by molar-refractivity contribution is 6.06. The fraction of sp³-hybridized carbons (Fsp3) is 0.0556. The number of carbonyl (C=O) groups excluding carboxylic acids is 1. The topological polar surface area (TPSA) is 56.9 Å². The van der Waals surface area contributed by atoms with Crippen LogP contribution in [0.5, 0.6) is 0 Å². The number of hydrogen-bond acceptors (Lipinski definition) is 2. The monoisotopic (exact) mass is 291 g/mol. The quantitative estimate of drug-likeness (QED) is 0.645. The van der Waals surface area contributed by atoms with Crippen LogP contribution < -0.4 is 10.9 Å². The number of amides is 1. The highest BCUT2D eigenvalue weighted by Gasteiger charge is 2.10. The summed E-state index contributed by atoms with van der Waals surface area (Å²) in [5.41, 5.74) is 9.27. The van der Waals surface area contributed by atoms with Crippen molar-refractivity contribution in [1.82, 2.24) is 15.8 Å². The van der Waals surface area contributed by atoms with Crippen LogP contribution in [0.25, 0.3) is 16.5 Å². The summed E-state index contributed by atoms with van der Waals surface area (Å²) < 4.78 is 0. The number of hydrazine groups is 1. The molecule has 3 N–H and O–H groups in total. The Kier molecular flexibility index (Phi) is 3.92. The number of para-hydroxylation sites is 1. The van der Waals surface area contributed by atoms with Gasteiger partial charge in [0.25, 0.3) is 5.91 Å². The van der Waals surface area contributed by atoms with E-state index in [0.29, 0.717) is 5.56 Å². The molecule has 0 unspecified atom stereocenters. The van der Waals surface area contributed by atoms with Gasteiger partial charge in [-0.2, -0.15) is 0 Å². The maximum absolute atomic E-state index is 12.2. The number of aromatic nitrogens is 1. The molecule has 4 nitrogen and oxygen atoms in total. The highest BCUT2D eigenvalue weighted by atomic mass is 16.2. The maximum Gasteiger partial charge on any atom is 0.271 e. The summed E-state index contributed by atoms with van der Waals surface area (Å²) in [5.74, 6) is -0.172. The number of fused-ring (bicyclic) bond motifs is 1. The SMILES string of the molecule is C/C(=C/NNC(=O)c1c[nH]c2ccccc12)c1ccccc1. The Morgan fingerprint density at radius 1 is 1.05 bits per heavy atom. The lowest BCUT2D eigenvalue weighted by molar-refractivity contribution is 0.0943. The first-order chi connectivity index (χ1) is 10.8. The van der Waals surface area contributed by atoms with Crippen LogP contribution in [0.2, 0.25) is 0 Å². The number of aromatic amines is 1. The van der Waals surface area contributed by atoms with E-state index in [9.17, 15) is 4.79 Å². The average Bonchev–Trinajstić information content (AvgIpc) is 2.99. The molecule has 2 aromatic carbocycles. The Labute approximate surface area is 128 Å². The largest absolute Gasteiger partial charge is 0.360 e. The van der Waals surface area contributed by atoms with Crippen molar-refractivity contribution in [3.63, 3.8) is 0 Å². The summed E-state index contributed by atoms with van der Waals surface area (Å²) >= 11 is 0. The minimum Gasteiger partial charge on any atom is -0.360 e. The van der Waals surface area contributed by atoms with Gasteiger partial charge in [0, 0.05) is 23.3 Å². The number of carbonyl (C=O) groups is 1. The standard InChI is InChI=1S/C18H17N3O/c1-13(14-7-3-2-4-8-14)11-20-21-18(22)16-12-19-17-10-6-5-9-15(16)17/h2-12,19-20H,1H3,(H,21,22)/b13-11-. The summed E-state index contributed by atoms with van der Waals surface area (Å²) in [6.07, 6.45) is 3.50. The molecule has 4 heteroatoms. The van der Waals surface area contributed by atoms with E-state index < -0.39 is 0 Å². The van der Waals surface area contributed by atoms with E-state index in [1.165, 1.54) is 0 Å². The molecular formula is C18H17N3O. The lowest BCUT2D eigenvalue weighted by Crippen LogP contribution is -2.33. The van der Waals surface area contributed by atoms with Crippen molar-refractivity contribution in [2.24, 2.45) is 0 Å². The number of hydrogen-bond donors (Lipinski definition) is 3. The summed E-state index contributed by atoms with van der Waals surface area (Å²) in [7, 11) is 0. The van der Waals surface area contributed by atoms with Crippen LogP contribution in [-0.2, 0) is 0 Å². The Morgan fingerprint density at radius 3 is 2.59 bits per heavy atom. The van der Waals surface area contributed by atoms with E-state index in [1.54, 1.807) is 12.4 Å². The molecule has 3 aromatic rings. The summed E-state index contributed by atoms with van der Waals surface area (Å²) in [6.45, 7) is 1.99. The second-order valence-corrected chi connectivity index (χ2v) is 5.04. The minimum atomic E-state index is -0.172. The van der Waals surface area contributed by atoms with Gasteiger partial charge in [-0.1, -0.05) is 48.5 Å². The normalized spacial score (nSPS) is 11.4. The number of benzene rings is 2. The lowest BCUT2D eigenvalue weighted by Gasteiger charge is -2.06. The van der Waals surface area contributed by atoms with Crippen LogP contribution in [0.1, 0.15) is 22.8 Å². The number of H-pyrrole nitrogens is 1. The number of allylic oxidation sites excluding steroid dienone is 1. The van der Waals surface area contributed by atoms with Crippen molar-refractivity contribution in [1.29, 1.82) is 0 Å². The van der Waals surface area contributed by atoms with Crippen LogP contribution in [0, 0.1) is 0 Å². The molecule has 1 aromatic heterocycles.